The van der Waals surface area contributed by atoms with Gasteiger partial charge in [0.1, 0.15) is 11.6 Å². The molecule has 0 saturated carbocycles. The van der Waals surface area contributed by atoms with Gasteiger partial charge in [0.2, 0.25) is 11.8 Å². The van der Waals surface area contributed by atoms with Crippen LogP contribution in [0, 0.1) is 18.3 Å². The van der Waals surface area contributed by atoms with Crippen molar-refractivity contribution in [1.82, 2.24) is 20.2 Å². The van der Waals surface area contributed by atoms with E-state index in [-0.39, 0.29) is 0 Å². The highest BCUT2D eigenvalue weighted by atomic mass is 16.5. The lowest BCUT2D eigenvalue weighted by Gasteiger charge is -2.35. The number of ether oxygens (including phenoxy) is 1. The van der Waals surface area contributed by atoms with Crippen LogP contribution in [0.4, 0.5) is 11.8 Å². The number of aromatic nitrogens is 4. The summed E-state index contributed by atoms with van der Waals surface area (Å²) in [5.74, 6) is 1.98. The molecule has 0 amide bonds. The molecule has 0 bridgehead atoms. The first-order valence-corrected chi connectivity index (χ1v) is 9.88. The predicted octanol–water partition coefficient (Wildman–Crippen LogP) is 2.30. The van der Waals surface area contributed by atoms with E-state index in [0.717, 1.165) is 56.0 Å². The maximum atomic E-state index is 9.73. The van der Waals surface area contributed by atoms with Crippen LogP contribution in [0.25, 0.3) is 0 Å². The van der Waals surface area contributed by atoms with Gasteiger partial charge in [0.15, 0.2) is 5.82 Å². The summed E-state index contributed by atoms with van der Waals surface area (Å²) in [6.45, 7) is 11.5. The van der Waals surface area contributed by atoms with E-state index in [1.54, 1.807) is 0 Å². The van der Waals surface area contributed by atoms with Crippen molar-refractivity contribution in [3.05, 3.63) is 28.6 Å². The SMILES string of the molecule is CCOc1cc(C)nc(N2CCN(c3nnc(CC)c(CC)c3C#N)CC2)n1. The Hall–Kier alpha value is -2.95. The van der Waals surface area contributed by atoms with Crippen LogP contribution in [0.15, 0.2) is 6.07 Å². The number of rotatable bonds is 6. The van der Waals surface area contributed by atoms with Crippen molar-refractivity contribution >= 4 is 11.8 Å². The fraction of sp³-hybridized carbons (Fsp3) is 0.550. The summed E-state index contributed by atoms with van der Waals surface area (Å²) >= 11 is 0. The third kappa shape index (κ3) is 3.98. The van der Waals surface area contributed by atoms with Crippen LogP contribution in [-0.2, 0) is 12.8 Å². The quantitative estimate of drug-likeness (QED) is 0.753. The van der Waals surface area contributed by atoms with Gasteiger partial charge in [-0.1, -0.05) is 13.8 Å². The highest BCUT2D eigenvalue weighted by Crippen LogP contribution is 2.25. The molecule has 0 aliphatic carbocycles. The van der Waals surface area contributed by atoms with Crippen LogP contribution < -0.4 is 14.5 Å². The van der Waals surface area contributed by atoms with Gasteiger partial charge in [-0.2, -0.15) is 15.3 Å². The Morgan fingerprint density at radius 1 is 1.04 bits per heavy atom. The topological polar surface area (TPSA) is 91.1 Å². The van der Waals surface area contributed by atoms with Gasteiger partial charge in [0, 0.05) is 37.9 Å². The number of aryl methyl sites for hydroxylation is 2. The van der Waals surface area contributed by atoms with Crippen molar-refractivity contribution in [3.8, 4) is 11.9 Å². The lowest BCUT2D eigenvalue weighted by Crippen LogP contribution is -2.48. The lowest BCUT2D eigenvalue weighted by atomic mass is 10.0. The number of nitrogens with zero attached hydrogens (tertiary/aromatic N) is 7. The fourth-order valence-electron chi connectivity index (χ4n) is 3.51. The molecule has 0 N–H and O–H groups in total. The molecule has 3 heterocycles. The second-order valence-corrected chi connectivity index (χ2v) is 6.70. The van der Waals surface area contributed by atoms with E-state index in [2.05, 4.69) is 43.0 Å². The number of hydrogen-bond donors (Lipinski definition) is 0. The number of piperazine rings is 1. The van der Waals surface area contributed by atoms with Crippen LogP contribution in [-0.4, -0.2) is 53.0 Å². The van der Waals surface area contributed by atoms with Gasteiger partial charge < -0.3 is 14.5 Å². The summed E-state index contributed by atoms with van der Waals surface area (Å²) in [6, 6.07) is 4.21. The molecule has 8 heteroatoms. The van der Waals surface area contributed by atoms with Crippen molar-refractivity contribution in [2.24, 2.45) is 0 Å². The van der Waals surface area contributed by atoms with Gasteiger partial charge in [0.05, 0.1) is 12.3 Å². The molecule has 0 unspecified atom stereocenters. The summed E-state index contributed by atoms with van der Waals surface area (Å²) in [4.78, 5) is 13.4. The van der Waals surface area contributed by atoms with Crippen molar-refractivity contribution < 1.29 is 4.74 Å². The zero-order valence-electron chi connectivity index (χ0n) is 17.1. The predicted molar refractivity (Wildman–Crippen MR) is 108 cm³/mol. The van der Waals surface area contributed by atoms with Crippen molar-refractivity contribution in [3.63, 3.8) is 0 Å². The Labute approximate surface area is 166 Å². The normalized spacial score (nSPS) is 14.1. The fourth-order valence-corrected chi connectivity index (χ4v) is 3.51. The largest absolute Gasteiger partial charge is 0.478 e. The maximum absolute atomic E-state index is 9.73. The zero-order valence-corrected chi connectivity index (χ0v) is 17.1. The molecule has 28 heavy (non-hydrogen) atoms. The van der Waals surface area contributed by atoms with Crippen molar-refractivity contribution in [1.29, 1.82) is 5.26 Å². The first kappa shape index (κ1) is 19.8. The molecule has 1 saturated heterocycles. The molecule has 8 nitrogen and oxygen atoms in total. The van der Waals surface area contributed by atoms with Gasteiger partial charge in [-0.3, -0.25) is 0 Å². The third-order valence-corrected chi connectivity index (χ3v) is 4.91. The summed E-state index contributed by atoms with van der Waals surface area (Å²) in [6.07, 6.45) is 1.57. The molecule has 3 rings (SSSR count). The van der Waals surface area contributed by atoms with E-state index < -0.39 is 0 Å². The summed E-state index contributed by atoms with van der Waals surface area (Å²) in [5, 5.41) is 18.5. The van der Waals surface area contributed by atoms with Crippen LogP contribution >= 0.6 is 0 Å². The summed E-state index contributed by atoms with van der Waals surface area (Å²) in [5.41, 5.74) is 3.48. The van der Waals surface area contributed by atoms with Gasteiger partial charge >= 0.3 is 0 Å². The van der Waals surface area contributed by atoms with Gasteiger partial charge in [-0.05, 0) is 32.3 Å². The van der Waals surface area contributed by atoms with Crippen molar-refractivity contribution in [2.45, 2.75) is 40.5 Å². The van der Waals surface area contributed by atoms with Gasteiger partial charge in [-0.15, -0.1) is 5.10 Å². The van der Waals surface area contributed by atoms with Crippen molar-refractivity contribution in [2.75, 3.05) is 42.6 Å². The molecule has 1 aliphatic heterocycles. The lowest BCUT2D eigenvalue weighted by molar-refractivity contribution is 0.325. The van der Waals surface area contributed by atoms with Crippen LogP contribution in [0.1, 0.15) is 43.3 Å². The Morgan fingerprint density at radius 2 is 1.75 bits per heavy atom. The Balaban J connectivity index is 1.79. The first-order valence-electron chi connectivity index (χ1n) is 9.88. The molecule has 0 atom stereocenters. The molecular formula is C20H27N7O. The minimum Gasteiger partial charge on any atom is -0.478 e. The van der Waals surface area contributed by atoms with E-state index in [9.17, 15) is 5.26 Å². The van der Waals surface area contributed by atoms with Crippen LogP contribution in [0.2, 0.25) is 0 Å². The number of nitriles is 1. The zero-order chi connectivity index (χ0) is 20.1. The van der Waals surface area contributed by atoms with Crippen LogP contribution in [0.5, 0.6) is 5.88 Å². The van der Waals surface area contributed by atoms with Gasteiger partial charge in [0.25, 0.3) is 0 Å². The summed E-state index contributed by atoms with van der Waals surface area (Å²) < 4.78 is 5.54. The second-order valence-electron chi connectivity index (χ2n) is 6.70. The summed E-state index contributed by atoms with van der Waals surface area (Å²) in [7, 11) is 0. The standard InChI is InChI=1S/C20H27N7O/c1-5-15-16(13-21)19(25-24-17(15)6-2)26-8-10-27(11-9-26)20-22-14(4)12-18(23-20)28-7-3/h12H,5-11H2,1-4H3. The average molecular weight is 381 g/mol. The maximum Gasteiger partial charge on any atom is 0.228 e. The minimum absolute atomic E-state index is 0.576. The number of hydrogen-bond acceptors (Lipinski definition) is 8. The van der Waals surface area contributed by atoms with Gasteiger partial charge in [-0.25, -0.2) is 4.98 Å². The molecule has 0 radical (unpaired) electrons. The smallest absolute Gasteiger partial charge is 0.228 e. The Bertz CT molecular complexity index is 870. The van der Waals surface area contributed by atoms with E-state index in [0.29, 0.717) is 29.8 Å². The molecular weight excluding hydrogens is 354 g/mol. The molecule has 0 aromatic carbocycles. The molecule has 0 spiro atoms. The Morgan fingerprint density at radius 3 is 2.36 bits per heavy atom. The number of anilines is 2. The van der Waals surface area contributed by atoms with E-state index in [4.69, 9.17) is 4.74 Å². The van der Waals surface area contributed by atoms with Crippen LogP contribution in [0.3, 0.4) is 0 Å². The van der Waals surface area contributed by atoms with E-state index in [1.165, 1.54) is 0 Å². The van der Waals surface area contributed by atoms with E-state index in [1.807, 2.05) is 26.8 Å². The second kappa shape index (κ2) is 8.83. The highest BCUT2D eigenvalue weighted by Gasteiger charge is 2.25. The molecule has 2 aromatic rings. The highest BCUT2D eigenvalue weighted by molar-refractivity contribution is 5.59. The molecule has 1 fully saturated rings. The molecule has 148 valence electrons. The third-order valence-electron chi connectivity index (χ3n) is 4.91. The molecule has 1 aliphatic rings. The minimum atomic E-state index is 0.576. The molecule has 2 aromatic heterocycles. The Kier molecular flexibility index (Phi) is 6.24. The average Bonchev–Trinajstić information content (AvgIpc) is 2.72. The van der Waals surface area contributed by atoms with E-state index >= 15 is 0 Å². The first-order chi connectivity index (χ1) is 13.6. The monoisotopic (exact) mass is 381 g/mol.